The molecule has 0 saturated heterocycles. The lowest BCUT2D eigenvalue weighted by atomic mass is 10.2. The maximum atomic E-state index is 12.9. The summed E-state index contributed by atoms with van der Waals surface area (Å²) in [5.41, 5.74) is 0.466. The third-order valence-corrected chi connectivity index (χ3v) is 5.02. The number of amides is 3. The SMILES string of the molecule is CNC(=O)NC(=O)[C@H](C)Sc1nc2ccccc2c(=O)n1CCCN(C)C. The van der Waals surface area contributed by atoms with Crippen LogP contribution < -0.4 is 16.2 Å². The van der Waals surface area contributed by atoms with Crippen molar-refractivity contribution in [2.24, 2.45) is 0 Å². The molecule has 0 radical (unpaired) electrons. The van der Waals surface area contributed by atoms with Crippen molar-refractivity contribution in [3.63, 3.8) is 0 Å². The highest BCUT2D eigenvalue weighted by Gasteiger charge is 2.20. The van der Waals surface area contributed by atoms with Gasteiger partial charge in [-0.1, -0.05) is 23.9 Å². The molecule has 0 aliphatic heterocycles. The van der Waals surface area contributed by atoms with Crippen LogP contribution >= 0.6 is 11.8 Å². The molecule has 2 aromatic rings. The van der Waals surface area contributed by atoms with E-state index in [1.165, 1.54) is 7.05 Å². The number of para-hydroxylation sites is 1. The molecule has 1 aromatic heterocycles. The van der Waals surface area contributed by atoms with Gasteiger partial charge >= 0.3 is 6.03 Å². The number of urea groups is 1. The monoisotopic (exact) mass is 391 g/mol. The molecule has 0 aliphatic rings. The molecule has 8 nitrogen and oxygen atoms in total. The fourth-order valence-electron chi connectivity index (χ4n) is 2.47. The zero-order valence-corrected chi connectivity index (χ0v) is 16.8. The maximum absolute atomic E-state index is 12.9. The highest BCUT2D eigenvalue weighted by atomic mass is 32.2. The predicted molar refractivity (Wildman–Crippen MR) is 107 cm³/mol. The molecule has 0 fully saturated rings. The van der Waals surface area contributed by atoms with Gasteiger partial charge in [-0.05, 0) is 46.1 Å². The molecule has 0 unspecified atom stereocenters. The molecule has 2 N–H and O–H groups in total. The van der Waals surface area contributed by atoms with E-state index in [2.05, 4.69) is 15.6 Å². The van der Waals surface area contributed by atoms with Gasteiger partial charge in [0, 0.05) is 13.6 Å². The topological polar surface area (TPSA) is 96.3 Å². The Labute approximate surface area is 162 Å². The fourth-order valence-corrected chi connectivity index (χ4v) is 3.40. The van der Waals surface area contributed by atoms with Crippen LogP contribution in [0.3, 0.4) is 0 Å². The van der Waals surface area contributed by atoms with Crippen molar-refractivity contribution < 1.29 is 9.59 Å². The summed E-state index contributed by atoms with van der Waals surface area (Å²) in [5, 5.41) is 5.02. The number of imide groups is 1. The molecule has 9 heteroatoms. The first-order valence-corrected chi connectivity index (χ1v) is 9.55. The van der Waals surface area contributed by atoms with Crippen LogP contribution in [0.2, 0.25) is 0 Å². The molecule has 2 rings (SSSR count). The number of carbonyl (C=O) groups is 2. The molecule has 0 saturated carbocycles. The van der Waals surface area contributed by atoms with Crippen molar-refractivity contribution in [2.75, 3.05) is 27.7 Å². The summed E-state index contributed by atoms with van der Waals surface area (Å²) in [7, 11) is 5.39. The van der Waals surface area contributed by atoms with Crippen molar-refractivity contribution in [2.45, 2.75) is 30.3 Å². The summed E-state index contributed by atoms with van der Waals surface area (Å²) in [5.74, 6) is -0.443. The van der Waals surface area contributed by atoms with Crippen molar-refractivity contribution in [3.05, 3.63) is 34.6 Å². The zero-order chi connectivity index (χ0) is 20.0. The minimum absolute atomic E-state index is 0.124. The lowest BCUT2D eigenvalue weighted by Gasteiger charge is -2.17. The van der Waals surface area contributed by atoms with Crippen molar-refractivity contribution in [1.82, 2.24) is 25.1 Å². The molecule has 0 bridgehead atoms. The fraction of sp³-hybridized carbons (Fsp3) is 0.444. The molecule has 27 heavy (non-hydrogen) atoms. The van der Waals surface area contributed by atoms with Gasteiger partial charge in [-0.3, -0.25) is 19.5 Å². The Morgan fingerprint density at radius 1 is 1.30 bits per heavy atom. The Morgan fingerprint density at radius 2 is 2.00 bits per heavy atom. The van der Waals surface area contributed by atoms with Gasteiger partial charge in [-0.2, -0.15) is 0 Å². The van der Waals surface area contributed by atoms with Gasteiger partial charge in [-0.25, -0.2) is 9.78 Å². The smallest absolute Gasteiger partial charge is 0.321 e. The Morgan fingerprint density at radius 3 is 2.67 bits per heavy atom. The van der Waals surface area contributed by atoms with E-state index in [1.54, 1.807) is 23.6 Å². The molecule has 3 amide bonds. The first-order chi connectivity index (χ1) is 12.8. The molecular weight excluding hydrogens is 366 g/mol. The minimum atomic E-state index is -0.588. The van der Waals surface area contributed by atoms with Gasteiger partial charge in [0.25, 0.3) is 5.56 Å². The van der Waals surface area contributed by atoms with E-state index in [9.17, 15) is 14.4 Å². The van der Waals surface area contributed by atoms with E-state index < -0.39 is 17.2 Å². The van der Waals surface area contributed by atoms with Crippen molar-refractivity contribution in [1.29, 1.82) is 0 Å². The van der Waals surface area contributed by atoms with Gasteiger partial charge < -0.3 is 10.2 Å². The van der Waals surface area contributed by atoms with E-state index in [0.717, 1.165) is 24.7 Å². The van der Waals surface area contributed by atoms with Gasteiger partial charge in [0.15, 0.2) is 5.16 Å². The molecule has 146 valence electrons. The molecule has 1 heterocycles. The van der Waals surface area contributed by atoms with Gasteiger partial charge in [0.1, 0.15) is 0 Å². The second-order valence-corrected chi connectivity index (χ2v) is 7.66. The number of benzene rings is 1. The summed E-state index contributed by atoms with van der Waals surface area (Å²) in [6.45, 7) is 3.01. The average molecular weight is 391 g/mol. The Kier molecular flexibility index (Phi) is 7.37. The summed E-state index contributed by atoms with van der Waals surface area (Å²) in [6, 6.07) is 6.59. The number of aromatic nitrogens is 2. The van der Waals surface area contributed by atoms with Crippen LogP contribution in [0.1, 0.15) is 13.3 Å². The van der Waals surface area contributed by atoms with Crippen molar-refractivity contribution in [3.8, 4) is 0 Å². The normalized spacial score (nSPS) is 12.2. The van der Waals surface area contributed by atoms with E-state index in [4.69, 9.17) is 0 Å². The summed E-state index contributed by atoms with van der Waals surface area (Å²) < 4.78 is 1.61. The molecule has 0 spiro atoms. The molecular formula is C18H25N5O3S. The van der Waals surface area contributed by atoms with Crippen LogP contribution in [-0.4, -0.2) is 59.3 Å². The third-order valence-electron chi connectivity index (χ3n) is 3.93. The van der Waals surface area contributed by atoms with E-state index in [-0.39, 0.29) is 5.56 Å². The van der Waals surface area contributed by atoms with Gasteiger partial charge in [0.05, 0.1) is 16.2 Å². The molecule has 0 aliphatic carbocycles. The Bertz CT molecular complexity index is 881. The number of nitrogens with one attached hydrogen (secondary N) is 2. The van der Waals surface area contributed by atoms with E-state index in [0.29, 0.717) is 22.6 Å². The summed E-state index contributed by atoms with van der Waals surface area (Å²) in [4.78, 5) is 43.1. The van der Waals surface area contributed by atoms with Crippen LogP contribution in [0.5, 0.6) is 0 Å². The summed E-state index contributed by atoms with van der Waals surface area (Å²) in [6.07, 6.45) is 0.777. The van der Waals surface area contributed by atoms with Gasteiger partial charge in [-0.15, -0.1) is 0 Å². The standard InChI is InChI=1S/C18H25N5O3S/c1-12(15(24)21-17(26)19-2)27-18-20-14-9-6-5-8-13(14)16(25)23(18)11-7-10-22(3)4/h5-6,8-9,12H,7,10-11H2,1-4H3,(H2,19,21,24,26)/t12-/m0/s1. The third kappa shape index (κ3) is 5.54. The molecule has 1 atom stereocenters. The number of fused-ring (bicyclic) bond motifs is 1. The number of hydrogen-bond donors (Lipinski definition) is 2. The second-order valence-electron chi connectivity index (χ2n) is 6.35. The van der Waals surface area contributed by atoms with Crippen LogP contribution in [0.25, 0.3) is 10.9 Å². The largest absolute Gasteiger partial charge is 0.341 e. The maximum Gasteiger partial charge on any atom is 0.321 e. The number of hydrogen-bond acceptors (Lipinski definition) is 6. The quantitative estimate of drug-likeness (QED) is 0.545. The van der Waals surface area contributed by atoms with Crippen LogP contribution in [0.4, 0.5) is 4.79 Å². The number of carbonyl (C=O) groups excluding carboxylic acids is 2. The highest BCUT2D eigenvalue weighted by Crippen LogP contribution is 2.23. The molecule has 1 aromatic carbocycles. The Hall–Kier alpha value is -2.39. The van der Waals surface area contributed by atoms with Crippen LogP contribution in [0, 0.1) is 0 Å². The van der Waals surface area contributed by atoms with E-state index >= 15 is 0 Å². The zero-order valence-electron chi connectivity index (χ0n) is 16.0. The minimum Gasteiger partial charge on any atom is -0.341 e. The second kappa shape index (κ2) is 9.52. The lowest BCUT2D eigenvalue weighted by Crippen LogP contribution is -2.41. The first kappa shape index (κ1) is 20.9. The van der Waals surface area contributed by atoms with Crippen molar-refractivity contribution >= 4 is 34.6 Å². The Balaban J connectivity index is 2.33. The number of thioether (sulfide) groups is 1. The average Bonchev–Trinajstić information content (AvgIpc) is 2.63. The van der Waals surface area contributed by atoms with Gasteiger partial charge in [0.2, 0.25) is 5.91 Å². The highest BCUT2D eigenvalue weighted by molar-refractivity contribution is 8.00. The first-order valence-electron chi connectivity index (χ1n) is 8.67. The summed E-state index contributed by atoms with van der Waals surface area (Å²) >= 11 is 1.16. The van der Waals surface area contributed by atoms with E-state index in [1.807, 2.05) is 31.1 Å². The van der Waals surface area contributed by atoms with Crippen LogP contribution in [0.15, 0.2) is 34.2 Å². The number of nitrogens with zero attached hydrogens (tertiary/aromatic N) is 3. The lowest BCUT2D eigenvalue weighted by molar-refractivity contribution is -0.119. The van der Waals surface area contributed by atoms with Crippen LogP contribution in [-0.2, 0) is 11.3 Å². The predicted octanol–water partition coefficient (Wildman–Crippen LogP) is 1.28. The number of rotatable bonds is 7.